The van der Waals surface area contributed by atoms with Crippen molar-refractivity contribution in [1.29, 1.82) is 0 Å². The van der Waals surface area contributed by atoms with Gasteiger partial charge in [-0.25, -0.2) is 0 Å². The highest BCUT2D eigenvalue weighted by Gasteiger charge is 2.16. The van der Waals surface area contributed by atoms with Gasteiger partial charge < -0.3 is 9.84 Å². The monoisotopic (exact) mass is 567 g/mol. The van der Waals surface area contributed by atoms with E-state index in [9.17, 15) is 9.59 Å². The first-order valence-electron chi connectivity index (χ1n) is 17.8. The second-order valence-corrected chi connectivity index (χ2v) is 13.0. The first kappa shape index (κ1) is 38.9. The van der Waals surface area contributed by atoms with Gasteiger partial charge in [0.25, 0.3) is 0 Å². The molecule has 40 heavy (non-hydrogen) atoms. The van der Waals surface area contributed by atoms with E-state index in [2.05, 4.69) is 27.7 Å². The van der Waals surface area contributed by atoms with Crippen LogP contribution in [-0.4, -0.2) is 23.7 Å². The predicted octanol–water partition coefficient (Wildman–Crippen LogP) is 11.7. The van der Waals surface area contributed by atoms with Crippen LogP contribution in [0.1, 0.15) is 195 Å². The maximum absolute atomic E-state index is 12.0. The van der Waals surface area contributed by atoms with Gasteiger partial charge in [-0.2, -0.15) is 0 Å². The molecule has 0 amide bonds. The van der Waals surface area contributed by atoms with Crippen molar-refractivity contribution in [3.8, 4) is 0 Å². The van der Waals surface area contributed by atoms with Gasteiger partial charge in [0, 0.05) is 12.8 Å². The lowest BCUT2D eigenvalue weighted by molar-refractivity contribution is -0.145. The third-order valence-electron chi connectivity index (χ3n) is 8.86. The number of hydrogen-bond donors (Lipinski definition) is 1. The molecule has 0 radical (unpaired) electrons. The highest BCUT2D eigenvalue weighted by Crippen LogP contribution is 2.23. The lowest BCUT2D eigenvalue weighted by Gasteiger charge is -2.18. The van der Waals surface area contributed by atoms with Gasteiger partial charge in [0.2, 0.25) is 0 Å². The summed E-state index contributed by atoms with van der Waals surface area (Å²) in [7, 11) is 0. The summed E-state index contributed by atoms with van der Waals surface area (Å²) in [4.78, 5) is 22.9. The van der Waals surface area contributed by atoms with E-state index in [1.165, 1.54) is 128 Å². The van der Waals surface area contributed by atoms with Crippen LogP contribution < -0.4 is 0 Å². The topological polar surface area (TPSA) is 63.6 Å². The molecule has 238 valence electrons. The predicted molar refractivity (Wildman–Crippen MR) is 172 cm³/mol. The van der Waals surface area contributed by atoms with Crippen molar-refractivity contribution >= 4 is 11.9 Å². The van der Waals surface area contributed by atoms with Crippen molar-refractivity contribution in [2.75, 3.05) is 6.61 Å². The molecule has 0 aliphatic heterocycles. The summed E-state index contributed by atoms with van der Waals surface area (Å²) in [5.41, 5.74) is 0. The summed E-state index contributed by atoms with van der Waals surface area (Å²) < 4.78 is 5.50. The fraction of sp³-hybridized carbons (Fsp3) is 0.944. The van der Waals surface area contributed by atoms with E-state index in [0.29, 0.717) is 37.2 Å². The molecule has 0 aromatic heterocycles. The maximum Gasteiger partial charge on any atom is 0.305 e. The quantitative estimate of drug-likeness (QED) is 0.0669. The molecule has 0 heterocycles. The molecule has 0 saturated carbocycles. The van der Waals surface area contributed by atoms with Gasteiger partial charge in [-0.15, -0.1) is 0 Å². The number of esters is 1. The number of unbranched alkanes of at least 4 members (excludes halogenated alkanes) is 19. The van der Waals surface area contributed by atoms with Crippen LogP contribution >= 0.6 is 0 Å². The summed E-state index contributed by atoms with van der Waals surface area (Å²) in [6.45, 7) is 9.33. The average molecular weight is 567 g/mol. The Labute approximate surface area is 250 Å². The summed E-state index contributed by atoms with van der Waals surface area (Å²) in [6.07, 6.45) is 31.8. The molecular formula is C36H70O4. The Balaban J connectivity index is 3.31. The minimum atomic E-state index is -0.647. The van der Waals surface area contributed by atoms with Crippen LogP contribution in [0.2, 0.25) is 0 Å². The molecule has 2 atom stereocenters. The molecule has 1 N–H and O–H groups in total. The van der Waals surface area contributed by atoms with Gasteiger partial charge in [0.1, 0.15) is 0 Å². The van der Waals surface area contributed by atoms with E-state index >= 15 is 0 Å². The third kappa shape index (κ3) is 27.1. The Kier molecular flexibility index (Phi) is 28.7. The fourth-order valence-corrected chi connectivity index (χ4v) is 5.76. The van der Waals surface area contributed by atoms with E-state index in [1.807, 2.05) is 0 Å². The zero-order valence-electron chi connectivity index (χ0n) is 27.5. The van der Waals surface area contributed by atoms with Crippen LogP contribution in [0.5, 0.6) is 0 Å². The number of carbonyl (C=O) groups is 2. The largest absolute Gasteiger partial charge is 0.481 e. The summed E-state index contributed by atoms with van der Waals surface area (Å²) in [5, 5.41) is 9.04. The highest BCUT2D eigenvalue weighted by atomic mass is 16.5. The molecule has 0 bridgehead atoms. The maximum atomic E-state index is 12.0. The first-order valence-corrected chi connectivity index (χ1v) is 17.8. The fourth-order valence-electron chi connectivity index (χ4n) is 5.76. The van der Waals surface area contributed by atoms with Crippen LogP contribution in [0.3, 0.4) is 0 Å². The molecule has 0 fully saturated rings. The number of hydrogen-bond acceptors (Lipinski definition) is 3. The Morgan fingerprint density at radius 2 is 1.02 bits per heavy atom. The minimum Gasteiger partial charge on any atom is -0.481 e. The molecule has 4 heteroatoms. The van der Waals surface area contributed by atoms with Crippen molar-refractivity contribution in [1.82, 2.24) is 0 Å². The van der Waals surface area contributed by atoms with Gasteiger partial charge in [0.15, 0.2) is 0 Å². The Morgan fingerprint density at radius 3 is 1.40 bits per heavy atom. The average Bonchev–Trinajstić information content (AvgIpc) is 2.93. The van der Waals surface area contributed by atoms with Gasteiger partial charge in [0.05, 0.1) is 6.61 Å². The third-order valence-corrected chi connectivity index (χ3v) is 8.86. The van der Waals surface area contributed by atoms with E-state index in [0.717, 1.165) is 25.7 Å². The van der Waals surface area contributed by atoms with Crippen molar-refractivity contribution < 1.29 is 19.4 Å². The Hall–Kier alpha value is -1.06. The zero-order chi connectivity index (χ0) is 29.7. The highest BCUT2D eigenvalue weighted by molar-refractivity contribution is 5.69. The number of carboxylic acid groups (broad SMARTS) is 1. The van der Waals surface area contributed by atoms with Crippen molar-refractivity contribution in [2.45, 2.75) is 195 Å². The molecule has 0 aliphatic carbocycles. The van der Waals surface area contributed by atoms with Crippen LogP contribution in [0.4, 0.5) is 0 Å². The lowest BCUT2D eigenvalue weighted by atomic mass is 9.87. The van der Waals surface area contributed by atoms with E-state index in [1.54, 1.807) is 0 Å². The molecule has 0 aromatic carbocycles. The van der Waals surface area contributed by atoms with Crippen LogP contribution in [0.25, 0.3) is 0 Å². The van der Waals surface area contributed by atoms with Gasteiger partial charge in [-0.05, 0) is 37.0 Å². The van der Waals surface area contributed by atoms with Crippen LogP contribution in [0, 0.1) is 17.8 Å². The van der Waals surface area contributed by atoms with Crippen molar-refractivity contribution in [3.05, 3.63) is 0 Å². The van der Waals surface area contributed by atoms with E-state index < -0.39 is 5.97 Å². The molecular weight excluding hydrogens is 496 g/mol. The number of aliphatic carboxylic acids is 1. The van der Waals surface area contributed by atoms with Crippen LogP contribution in [0.15, 0.2) is 0 Å². The van der Waals surface area contributed by atoms with Crippen molar-refractivity contribution in [3.63, 3.8) is 0 Å². The molecule has 0 rings (SSSR count). The standard InChI is InChI=1S/C36H70O4/c1-5-7-27-33(6-2)31-40-36(39)29-26-24-22-20-18-16-14-12-10-8-9-11-13-15-17-19-21-23-25-28-34(32(3)4)30-35(37)38/h32-34H,5-31H2,1-4H3,(H,37,38). The van der Waals surface area contributed by atoms with Gasteiger partial charge in [-0.1, -0.05) is 163 Å². The lowest BCUT2D eigenvalue weighted by Crippen LogP contribution is -2.13. The Morgan fingerprint density at radius 1 is 0.600 bits per heavy atom. The zero-order valence-corrected chi connectivity index (χ0v) is 27.5. The van der Waals surface area contributed by atoms with E-state index in [4.69, 9.17) is 9.84 Å². The van der Waals surface area contributed by atoms with Gasteiger partial charge >= 0.3 is 11.9 Å². The molecule has 0 saturated heterocycles. The molecule has 0 spiro atoms. The second kappa shape index (κ2) is 29.4. The number of ether oxygens (including phenoxy) is 1. The number of rotatable bonds is 31. The summed E-state index contributed by atoms with van der Waals surface area (Å²) in [6, 6.07) is 0. The first-order chi connectivity index (χ1) is 19.4. The summed E-state index contributed by atoms with van der Waals surface area (Å²) >= 11 is 0. The van der Waals surface area contributed by atoms with Gasteiger partial charge in [-0.3, -0.25) is 9.59 Å². The Bertz CT molecular complexity index is 559. The molecule has 0 aliphatic rings. The minimum absolute atomic E-state index is 0.00746. The smallest absolute Gasteiger partial charge is 0.305 e. The molecule has 0 aromatic rings. The normalized spacial score (nSPS) is 13.0. The number of carboxylic acids is 1. The van der Waals surface area contributed by atoms with E-state index in [-0.39, 0.29) is 5.97 Å². The van der Waals surface area contributed by atoms with Crippen LogP contribution in [-0.2, 0) is 14.3 Å². The SMILES string of the molecule is CCCCC(CC)COC(=O)CCCCCCCCCCCCCCCCCCCCCC(CC(=O)O)C(C)C. The number of carbonyl (C=O) groups excluding carboxylic acids is 1. The second-order valence-electron chi connectivity index (χ2n) is 13.0. The molecule has 2 unspecified atom stereocenters. The summed E-state index contributed by atoms with van der Waals surface area (Å²) in [5.74, 6) is 0.723. The van der Waals surface area contributed by atoms with Crippen molar-refractivity contribution in [2.24, 2.45) is 17.8 Å². The molecule has 4 nitrogen and oxygen atoms in total.